The Morgan fingerprint density at radius 1 is 0.923 bits per heavy atom. The molecule has 0 heterocycles. The van der Waals surface area contributed by atoms with Crippen molar-refractivity contribution in [2.24, 2.45) is 0 Å². The number of rotatable bonds is 6. The van der Waals surface area contributed by atoms with Gasteiger partial charge in [-0.2, -0.15) is 0 Å². The normalized spacial score (nSPS) is 10.1. The SMILES string of the molecule is Cc1ccccc1C(=O)NCCC(=O)NNC(=O)Cc1ccc(F)cc1. The van der Waals surface area contributed by atoms with Crippen LogP contribution < -0.4 is 16.2 Å². The summed E-state index contributed by atoms with van der Waals surface area (Å²) in [5.41, 5.74) is 6.59. The van der Waals surface area contributed by atoms with Crippen molar-refractivity contribution in [3.63, 3.8) is 0 Å². The first kappa shape index (κ1) is 19.1. The lowest BCUT2D eigenvalue weighted by Crippen LogP contribution is -2.43. The van der Waals surface area contributed by atoms with Crippen LogP contribution >= 0.6 is 0 Å². The largest absolute Gasteiger partial charge is 0.352 e. The molecule has 0 saturated carbocycles. The number of amides is 3. The number of nitrogens with one attached hydrogen (secondary N) is 3. The molecule has 0 unspecified atom stereocenters. The summed E-state index contributed by atoms with van der Waals surface area (Å²) in [6, 6.07) is 12.7. The molecule has 2 rings (SSSR count). The molecule has 2 aromatic rings. The number of halogens is 1. The van der Waals surface area contributed by atoms with Crippen LogP contribution in [0.25, 0.3) is 0 Å². The van der Waals surface area contributed by atoms with Crippen molar-refractivity contribution in [2.45, 2.75) is 19.8 Å². The Balaban J connectivity index is 1.67. The van der Waals surface area contributed by atoms with Crippen molar-refractivity contribution in [3.8, 4) is 0 Å². The lowest BCUT2D eigenvalue weighted by molar-refractivity contribution is -0.128. The van der Waals surface area contributed by atoms with E-state index < -0.39 is 11.8 Å². The van der Waals surface area contributed by atoms with Crippen LogP contribution in [0.2, 0.25) is 0 Å². The van der Waals surface area contributed by atoms with Gasteiger partial charge in [0.2, 0.25) is 11.8 Å². The number of carbonyl (C=O) groups is 3. The van der Waals surface area contributed by atoms with E-state index in [2.05, 4.69) is 16.2 Å². The topological polar surface area (TPSA) is 87.3 Å². The molecule has 7 heteroatoms. The molecule has 0 saturated heterocycles. The van der Waals surface area contributed by atoms with Crippen molar-refractivity contribution in [1.29, 1.82) is 0 Å². The van der Waals surface area contributed by atoms with E-state index in [0.717, 1.165) is 5.56 Å². The smallest absolute Gasteiger partial charge is 0.251 e. The van der Waals surface area contributed by atoms with Gasteiger partial charge in [-0.1, -0.05) is 30.3 Å². The van der Waals surface area contributed by atoms with Crippen LogP contribution in [0.4, 0.5) is 4.39 Å². The zero-order chi connectivity index (χ0) is 18.9. The molecule has 3 amide bonds. The van der Waals surface area contributed by atoms with Gasteiger partial charge in [0.05, 0.1) is 6.42 Å². The van der Waals surface area contributed by atoms with Crippen molar-refractivity contribution in [2.75, 3.05) is 6.54 Å². The van der Waals surface area contributed by atoms with Gasteiger partial charge in [0.1, 0.15) is 5.82 Å². The summed E-state index contributed by atoms with van der Waals surface area (Å²) in [6.45, 7) is 1.98. The third kappa shape index (κ3) is 6.01. The fourth-order valence-corrected chi connectivity index (χ4v) is 2.25. The first-order valence-electron chi connectivity index (χ1n) is 8.11. The van der Waals surface area contributed by atoms with Crippen LogP contribution in [0.15, 0.2) is 48.5 Å². The average Bonchev–Trinajstić information content (AvgIpc) is 2.62. The van der Waals surface area contributed by atoms with Crippen LogP contribution in [0, 0.1) is 12.7 Å². The maximum Gasteiger partial charge on any atom is 0.251 e. The minimum absolute atomic E-state index is 0.0184. The molecule has 26 heavy (non-hydrogen) atoms. The predicted octanol–water partition coefficient (Wildman–Crippen LogP) is 1.64. The fourth-order valence-electron chi connectivity index (χ4n) is 2.25. The lowest BCUT2D eigenvalue weighted by atomic mass is 10.1. The maximum absolute atomic E-state index is 12.8. The van der Waals surface area contributed by atoms with Crippen LogP contribution in [-0.2, 0) is 16.0 Å². The summed E-state index contributed by atoms with van der Waals surface area (Å²) in [7, 11) is 0. The van der Waals surface area contributed by atoms with E-state index >= 15 is 0 Å². The Morgan fingerprint density at radius 3 is 2.27 bits per heavy atom. The lowest BCUT2D eigenvalue weighted by Gasteiger charge is -2.09. The summed E-state index contributed by atoms with van der Waals surface area (Å²) in [5, 5.41) is 2.66. The van der Waals surface area contributed by atoms with Gasteiger partial charge in [-0.3, -0.25) is 25.2 Å². The van der Waals surface area contributed by atoms with Gasteiger partial charge in [0.25, 0.3) is 5.91 Å². The van der Waals surface area contributed by atoms with E-state index in [-0.39, 0.29) is 31.1 Å². The second kappa shape index (κ2) is 9.31. The first-order chi connectivity index (χ1) is 12.5. The molecule has 136 valence electrons. The Bertz CT molecular complexity index is 791. The Kier molecular flexibility index (Phi) is 6.84. The quantitative estimate of drug-likeness (QED) is 0.687. The van der Waals surface area contributed by atoms with Crippen molar-refractivity contribution in [3.05, 3.63) is 71.0 Å². The monoisotopic (exact) mass is 357 g/mol. The highest BCUT2D eigenvalue weighted by molar-refractivity contribution is 5.95. The minimum Gasteiger partial charge on any atom is -0.352 e. The van der Waals surface area contributed by atoms with Gasteiger partial charge in [0.15, 0.2) is 0 Å². The summed E-state index contributed by atoms with van der Waals surface area (Å²) >= 11 is 0. The molecule has 0 radical (unpaired) electrons. The number of hydrogen-bond donors (Lipinski definition) is 3. The highest BCUT2D eigenvalue weighted by Crippen LogP contribution is 2.06. The summed E-state index contributed by atoms with van der Waals surface area (Å²) in [6.07, 6.45) is 0.0407. The molecular formula is C19H20FN3O3. The number of benzene rings is 2. The molecular weight excluding hydrogens is 337 g/mol. The van der Waals surface area contributed by atoms with Crippen LogP contribution in [-0.4, -0.2) is 24.3 Å². The van der Waals surface area contributed by atoms with Gasteiger partial charge >= 0.3 is 0 Å². The molecule has 0 aliphatic heterocycles. The summed E-state index contributed by atoms with van der Waals surface area (Å²) in [5.74, 6) is -1.48. The Morgan fingerprint density at radius 2 is 1.58 bits per heavy atom. The standard InChI is InChI=1S/C19H20FN3O3/c1-13-4-2-3-5-16(13)19(26)21-11-10-17(24)22-23-18(25)12-14-6-8-15(20)9-7-14/h2-9H,10-12H2,1H3,(H,21,26)(H,22,24)(H,23,25). The van der Waals surface area contributed by atoms with E-state index in [1.54, 1.807) is 12.1 Å². The minimum atomic E-state index is -0.428. The number of aryl methyl sites for hydroxylation is 1. The van der Waals surface area contributed by atoms with Gasteiger partial charge in [-0.25, -0.2) is 4.39 Å². The molecule has 0 fully saturated rings. The molecule has 0 aliphatic rings. The van der Waals surface area contributed by atoms with Gasteiger partial charge in [0, 0.05) is 18.5 Å². The second-order valence-corrected chi connectivity index (χ2v) is 5.72. The maximum atomic E-state index is 12.8. The first-order valence-corrected chi connectivity index (χ1v) is 8.11. The van der Waals surface area contributed by atoms with E-state index in [1.807, 2.05) is 19.1 Å². The Labute approximate surface area is 150 Å². The van der Waals surface area contributed by atoms with Gasteiger partial charge in [-0.15, -0.1) is 0 Å². The van der Waals surface area contributed by atoms with Crippen molar-refractivity contribution in [1.82, 2.24) is 16.2 Å². The van der Waals surface area contributed by atoms with Gasteiger partial charge < -0.3 is 5.32 Å². The number of hydrogen-bond acceptors (Lipinski definition) is 3. The molecule has 0 spiro atoms. The number of carbonyl (C=O) groups excluding carboxylic acids is 3. The van der Waals surface area contributed by atoms with Gasteiger partial charge in [-0.05, 0) is 36.2 Å². The Hall–Kier alpha value is -3.22. The molecule has 0 aromatic heterocycles. The van der Waals surface area contributed by atoms with E-state index in [9.17, 15) is 18.8 Å². The zero-order valence-electron chi connectivity index (χ0n) is 14.3. The van der Waals surface area contributed by atoms with Crippen LogP contribution in [0.5, 0.6) is 0 Å². The third-order valence-electron chi connectivity index (χ3n) is 3.65. The van der Waals surface area contributed by atoms with Crippen molar-refractivity contribution < 1.29 is 18.8 Å². The third-order valence-corrected chi connectivity index (χ3v) is 3.65. The van der Waals surface area contributed by atoms with E-state index in [4.69, 9.17) is 0 Å². The van der Waals surface area contributed by atoms with E-state index in [1.165, 1.54) is 24.3 Å². The molecule has 2 aromatic carbocycles. The molecule has 3 N–H and O–H groups in total. The average molecular weight is 357 g/mol. The van der Waals surface area contributed by atoms with Crippen LogP contribution in [0.1, 0.15) is 27.9 Å². The molecule has 0 aliphatic carbocycles. The van der Waals surface area contributed by atoms with Crippen molar-refractivity contribution >= 4 is 17.7 Å². The predicted molar refractivity (Wildman–Crippen MR) is 94.5 cm³/mol. The summed E-state index contributed by atoms with van der Waals surface area (Å²) in [4.78, 5) is 35.4. The van der Waals surface area contributed by atoms with Crippen LogP contribution in [0.3, 0.4) is 0 Å². The number of hydrazine groups is 1. The molecule has 6 nitrogen and oxygen atoms in total. The zero-order valence-corrected chi connectivity index (χ0v) is 14.3. The second-order valence-electron chi connectivity index (χ2n) is 5.72. The fraction of sp³-hybridized carbons (Fsp3) is 0.211. The summed E-state index contributed by atoms with van der Waals surface area (Å²) < 4.78 is 12.8. The molecule has 0 atom stereocenters. The highest BCUT2D eigenvalue weighted by Gasteiger charge is 2.09. The van der Waals surface area contributed by atoms with E-state index in [0.29, 0.717) is 11.1 Å². The highest BCUT2D eigenvalue weighted by atomic mass is 19.1. The molecule has 0 bridgehead atoms.